The number of urea groups is 1. The van der Waals surface area contributed by atoms with Gasteiger partial charge in [-0.25, -0.2) is 13.6 Å². The van der Waals surface area contributed by atoms with Gasteiger partial charge in [0.15, 0.2) is 0 Å². The van der Waals surface area contributed by atoms with Gasteiger partial charge in [0, 0.05) is 12.6 Å². The third-order valence-electron chi connectivity index (χ3n) is 5.59. The molecule has 1 aliphatic rings. The van der Waals surface area contributed by atoms with Crippen LogP contribution in [0, 0.1) is 11.6 Å². The maximum Gasteiger partial charge on any atom is 0.322 e. The lowest BCUT2D eigenvalue weighted by Crippen LogP contribution is -2.38. The number of amides is 2. The van der Waals surface area contributed by atoms with Crippen molar-refractivity contribution in [2.45, 2.75) is 38.3 Å². The van der Waals surface area contributed by atoms with Gasteiger partial charge in [-0.1, -0.05) is 61.0 Å². The minimum atomic E-state index is -0.788. The lowest BCUT2D eigenvalue weighted by atomic mass is 9.97. The predicted molar refractivity (Wildman–Crippen MR) is 114 cm³/mol. The summed E-state index contributed by atoms with van der Waals surface area (Å²) >= 11 is 0. The van der Waals surface area contributed by atoms with Crippen LogP contribution in [0.3, 0.4) is 0 Å². The monoisotopic (exact) mass is 406 g/mol. The number of benzene rings is 3. The molecule has 4 rings (SSSR count). The highest BCUT2D eigenvalue weighted by Gasteiger charge is 2.29. The van der Waals surface area contributed by atoms with E-state index in [1.807, 2.05) is 42.5 Å². The van der Waals surface area contributed by atoms with Crippen molar-refractivity contribution in [3.8, 4) is 0 Å². The summed E-state index contributed by atoms with van der Waals surface area (Å²) in [5.74, 6) is -1.46. The van der Waals surface area contributed by atoms with E-state index >= 15 is 0 Å². The average molecular weight is 406 g/mol. The first-order valence-electron chi connectivity index (χ1n) is 10.3. The van der Waals surface area contributed by atoms with E-state index in [1.54, 1.807) is 4.90 Å². The second-order valence-electron chi connectivity index (χ2n) is 7.63. The number of halogens is 2. The average Bonchev–Trinajstić information content (AvgIpc) is 2.97. The molecule has 0 spiro atoms. The highest BCUT2D eigenvalue weighted by atomic mass is 19.1. The molecule has 3 aromatic carbocycles. The first kappa shape index (κ1) is 20.1. The van der Waals surface area contributed by atoms with E-state index in [1.165, 1.54) is 11.6 Å². The topological polar surface area (TPSA) is 32.3 Å². The van der Waals surface area contributed by atoms with Gasteiger partial charge < -0.3 is 10.2 Å². The molecule has 0 saturated carbocycles. The van der Waals surface area contributed by atoms with Crippen LogP contribution in [-0.4, -0.2) is 10.9 Å². The summed E-state index contributed by atoms with van der Waals surface area (Å²) in [6.07, 6.45) is 3.90. The highest BCUT2D eigenvalue weighted by molar-refractivity contribution is 5.89. The quantitative estimate of drug-likeness (QED) is 0.495. The van der Waals surface area contributed by atoms with Crippen LogP contribution in [0.2, 0.25) is 0 Å². The van der Waals surface area contributed by atoms with Crippen LogP contribution in [0.5, 0.6) is 0 Å². The standard InChI is InChI=1S/C25H24F2N2O/c26-20-14-15-23(22(27)16-20)28-25(30)29(17-18-8-2-1-3-9-18)24-13-7-5-11-19-10-4-6-12-21(19)24/h1-4,6,8-10,12,14-16,24H,5,7,11,13,17H2,(H,28,30). The minimum Gasteiger partial charge on any atom is -0.313 e. The predicted octanol–water partition coefficient (Wildman–Crippen LogP) is 6.47. The molecule has 1 unspecified atom stereocenters. The van der Waals surface area contributed by atoms with Crippen LogP contribution in [0.4, 0.5) is 19.3 Å². The van der Waals surface area contributed by atoms with E-state index in [4.69, 9.17) is 0 Å². The van der Waals surface area contributed by atoms with Crippen molar-refractivity contribution in [1.82, 2.24) is 4.90 Å². The van der Waals surface area contributed by atoms with Crippen molar-refractivity contribution in [3.63, 3.8) is 0 Å². The molecule has 2 amide bonds. The molecule has 3 aromatic rings. The van der Waals surface area contributed by atoms with Crippen molar-refractivity contribution in [2.24, 2.45) is 0 Å². The van der Waals surface area contributed by atoms with Crippen LogP contribution in [0.1, 0.15) is 42.0 Å². The Bertz CT molecular complexity index is 1020. The Morgan fingerprint density at radius 3 is 2.53 bits per heavy atom. The van der Waals surface area contributed by atoms with Gasteiger partial charge in [-0.2, -0.15) is 0 Å². The number of rotatable bonds is 4. The second kappa shape index (κ2) is 9.08. The molecule has 0 saturated heterocycles. The third-order valence-corrected chi connectivity index (χ3v) is 5.59. The fourth-order valence-corrected chi connectivity index (χ4v) is 4.10. The fraction of sp³-hybridized carbons (Fsp3) is 0.240. The summed E-state index contributed by atoms with van der Waals surface area (Å²) in [5, 5.41) is 2.65. The van der Waals surface area contributed by atoms with Crippen LogP contribution >= 0.6 is 0 Å². The summed E-state index contributed by atoms with van der Waals surface area (Å²) in [4.78, 5) is 15.1. The van der Waals surface area contributed by atoms with Crippen LogP contribution < -0.4 is 5.32 Å². The Morgan fingerprint density at radius 1 is 0.967 bits per heavy atom. The third kappa shape index (κ3) is 4.51. The van der Waals surface area contributed by atoms with E-state index in [0.29, 0.717) is 6.54 Å². The van der Waals surface area contributed by atoms with E-state index in [0.717, 1.165) is 48.9 Å². The largest absolute Gasteiger partial charge is 0.322 e. The smallest absolute Gasteiger partial charge is 0.313 e. The fourth-order valence-electron chi connectivity index (χ4n) is 4.10. The van der Waals surface area contributed by atoms with Gasteiger partial charge in [0.1, 0.15) is 11.6 Å². The molecule has 0 fully saturated rings. The maximum absolute atomic E-state index is 14.2. The number of anilines is 1. The lowest BCUT2D eigenvalue weighted by molar-refractivity contribution is 0.179. The van der Waals surface area contributed by atoms with Crippen molar-refractivity contribution in [1.29, 1.82) is 0 Å². The molecule has 3 nitrogen and oxygen atoms in total. The Kier molecular flexibility index (Phi) is 6.07. The molecule has 0 aromatic heterocycles. The Morgan fingerprint density at radius 2 is 1.73 bits per heavy atom. The Balaban J connectivity index is 1.68. The van der Waals surface area contributed by atoms with Gasteiger partial charge in [-0.3, -0.25) is 0 Å². The number of hydrogen-bond donors (Lipinski definition) is 1. The molecule has 5 heteroatoms. The number of nitrogens with zero attached hydrogens (tertiary/aromatic N) is 1. The first-order valence-corrected chi connectivity index (χ1v) is 10.3. The number of aryl methyl sites for hydroxylation is 1. The first-order chi connectivity index (χ1) is 14.6. The number of fused-ring (bicyclic) bond motifs is 1. The van der Waals surface area contributed by atoms with Crippen molar-refractivity contribution >= 4 is 11.7 Å². The zero-order valence-electron chi connectivity index (χ0n) is 16.7. The van der Waals surface area contributed by atoms with Crippen LogP contribution in [0.15, 0.2) is 72.8 Å². The van der Waals surface area contributed by atoms with Gasteiger partial charge >= 0.3 is 6.03 Å². The Hall–Kier alpha value is -3.21. The summed E-state index contributed by atoms with van der Waals surface area (Å²) < 4.78 is 27.4. The SMILES string of the molecule is O=C(Nc1ccc(F)cc1F)N(Cc1ccccc1)C1CCCCc2ccccc21. The van der Waals surface area contributed by atoms with E-state index in [-0.39, 0.29) is 11.7 Å². The van der Waals surface area contributed by atoms with Crippen molar-refractivity contribution < 1.29 is 13.6 Å². The minimum absolute atomic E-state index is 0.0265. The molecule has 1 aliphatic carbocycles. The van der Waals surface area contributed by atoms with Crippen LogP contribution in [0.25, 0.3) is 0 Å². The van der Waals surface area contributed by atoms with E-state index in [2.05, 4.69) is 17.4 Å². The molecular weight excluding hydrogens is 382 g/mol. The van der Waals surface area contributed by atoms with Gasteiger partial charge in [0.05, 0.1) is 11.7 Å². The second-order valence-corrected chi connectivity index (χ2v) is 7.63. The molecular formula is C25H24F2N2O. The normalized spacial score (nSPS) is 15.7. The van der Waals surface area contributed by atoms with Crippen molar-refractivity contribution in [2.75, 3.05) is 5.32 Å². The number of hydrogen-bond acceptors (Lipinski definition) is 1. The zero-order chi connectivity index (χ0) is 20.9. The van der Waals surface area contributed by atoms with Gasteiger partial charge in [-0.05, 0) is 48.1 Å². The zero-order valence-corrected chi connectivity index (χ0v) is 16.7. The van der Waals surface area contributed by atoms with Crippen molar-refractivity contribution in [3.05, 3.63) is 101 Å². The molecule has 30 heavy (non-hydrogen) atoms. The number of carbonyl (C=O) groups is 1. The van der Waals surface area contributed by atoms with E-state index in [9.17, 15) is 13.6 Å². The Labute approximate surface area is 175 Å². The van der Waals surface area contributed by atoms with Gasteiger partial charge in [-0.15, -0.1) is 0 Å². The summed E-state index contributed by atoms with van der Waals surface area (Å²) in [5.41, 5.74) is 3.36. The molecule has 154 valence electrons. The molecule has 0 heterocycles. The molecule has 1 atom stereocenters. The van der Waals surface area contributed by atoms with Gasteiger partial charge in [0.25, 0.3) is 0 Å². The highest BCUT2D eigenvalue weighted by Crippen LogP contribution is 2.34. The molecule has 0 bridgehead atoms. The summed E-state index contributed by atoms with van der Waals surface area (Å²) in [6.45, 7) is 0.397. The lowest BCUT2D eigenvalue weighted by Gasteiger charge is -2.33. The summed E-state index contributed by atoms with van der Waals surface area (Å²) in [6, 6.07) is 20.6. The summed E-state index contributed by atoms with van der Waals surface area (Å²) in [7, 11) is 0. The van der Waals surface area contributed by atoms with Gasteiger partial charge in [0.2, 0.25) is 0 Å². The molecule has 0 radical (unpaired) electrons. The molecule has 1 N–H and O–H groups in total. The van der Waals surface area contributed by atoms with E-state index < -0.39 is 17.7 Å². The maximum atomic E-state index is 14.2. The molecule has 0 aliphatic heterocycles. The number of carbonyl (C=O) groups excluding carboxylic acids is 1. The van der Waals surface area contributed by atoms with Crippen LogP contribution in [-0.2, 0) is 13.0 Å². The number of nitrogens with one attached hydrogen (secondary N) is 1.